The third kappa shape index (κ3) is 6.42. The summed E-state index contributed by atoms with van der Waals surface area (Å²) < 4.78 is 68.1. The number of ether oxygens (including phenoxy) is 3. The highest BCUT2D eigenvalue weighted by molar-refractivity contribution is 6.31. The van der Waals surface area contributed by atoms with Gasteiger partial charge in [-0.15, -0.1) is 15.0 Å². The number of rotatable bonds is 10. The van der Waals surface area contributed by atoms with Gasteiger partial charge in [0.25, 0.3) is 0 Å². The largest absolute Gasteiger partial charge is 0.431 e. The van der Waals surface area contributed by atoms with Crippen LogP contribution >= 0.6 is 11.6 Å². The molecule has 1 aliphatic rings. The van der Waals surface area contributed by atoms with Crippen LogP contribution < -0.4 is 14.4 Å². The molecular weight excluding hydrogens is 556 g/mol. The van der Waals surface area contributed by atoms with Crippen LogP contribution in [-0.4, -0.2) is 45.0 Å². The molecule has 0 amide bonds. The Morgan fingerprint density at radius 2 is 1.88 bits per heavy atom. The van der Waals surface area contributed by atoms with Crippen molar-refractivity contribution in [2.45, 2.75) is 45.3 Å². The minimum atomic E-state index is -3.31. The average molecular weight is 579 g/mol. The maximum Gasteiger partial charge on any atom is 0.387 e. The lowest BCUT2D eigenvalue weighted by Crippen LogP contribution is -2.20. The molecule has 0 bridgehead atoms. The van der Waals surface area contributed by atoms with Gasteiger partial charge in [0.15, 0.2) is 17.7 Å². The van der Waals surface area contributed by atoms with E-state index in [1.54, 1.807) is 35.2 Å². The van der Waals surface area contributed by atoms with Crippen LogP contribution in [0.25, 0.3) is 11.4 Å². The summed E-state index contributed by atoms with van der Waals surface area (Å²) >= 11 is 6.39. The van der Waals surface area contributed by atoms with Crippen molar-refractivity contribution in [3.8, 4) is 22.9 Å². The maximum atomic E-state index is 13.5. The molecule has 14 heteroatoms. The molecule has 9 nitrogen and oxygen atoms in total. The Morgan fingerprint density at radius 1 is 1.05 bits per heavy atom. The molecule has 0 radical (unpaired) electrons. The van der Waals surface area contributed by atoms with Gasteiger partial charge in [0.2, 0.25) is 5.82 Å². The first-order valence-electron chi connectivity index (χ1n) is 12.3. The number of halogens is 5. The number of hydrogen-bond acceptors (Lipinski definition) is 8. The number of aromatic nitrogens is 5. The summed E-state index contributed by atoms with van der Waals surface area (Å²) in [7, 11) is 0. The highest BCUT2D eigenvalue weighted by Gasteiger charge is 2.25. The molecule has 5 rings (SSSR count). The number of alkyl halides is 4. The molecule has 1 aliphatic heterocycles. The SMILES string of the molecule is FC(F)Oc1cccc(N(Cc2cnccc2Cl)c2cccc(-c3nnn(C4CCCCO4)n3)c2)c1OC(F)F. The number of tetrazole rings is 1. The van der Waals surface area contributed by atoms with E-state index in [0.29, 0.717) is 34.3 Å². The van der Waals surface area contributed by atoms with Crippen LogP contribution in [0.5, 0.6) is 11.5 Å². The number of para-hydroxylation sites is 1. The lowest BCUT2D eigenvalue weighted by atomic mass is 10.1. The molecule has 1 unspecified atom stereocenters. The first-order valence-corrected chi connectivity index (χ1v) is 12.7. The first-order chi connectivity index (χ1) is 19.4. The topological polar surface area (TPSA) is 87.4 Å². The molecule has 0 aliphatic carbocycles. The van der Waals surface area contributed by atoms with Gasteiger partial charge in [-0.05, 0) is 54.8 Å². The van der Waals surface area contributed by atoms with Crippen molar-refractivity contribution in [2.75, 3.05) is 11.5 Å². The van der Waals surface area contributed by atoms with Crippen molar-refractivity contribution in [1.29, 1.82) is 0 Å². The van der Waals surface area contributed by atoms with Crippen LogP contribution in [-0.2, 0) is 11.3 Å². The summed E-state index contributed by atoms with van der Waals surface area (Å²) in [6, 6.07) is 12.4. The molecule has 1 saturated heterocycles. The Kier molecular flexibility index (Phi) is 8.60. The van der Waals surface area contributed by atoms with Crippen molar-refractivity contribution in [1.82, 2.24) is 25.2 Å². The molecule has 3 heterocycles. The molecule has 4 aromatic rings. The van der Waals surface area contributed by atoms with Crippen LogP contribution in [0.1, 0.15) is 31.1 Å². The number of nitrogens with zero attached hydrogens (tertiary/aromatic N) is 6. The van der Waals surface area contributed by atoms with E-state index in [2.05, 4.69) is 25.1 Å². The summed E-state index contributed by atoms with van der Waals surface area (Å²) in [6.07, 6.45) is 5.43. The fraction of sp³-hybridized carbons (Fsp3) is 0.308. The van der Waals surface area contributed by atoms with E-state index in [9.17, 15) is 17.6 Å². The minimum absolute atomic E-state index is 0.0177. The van der Waals surface area contributed by atoms with Crippen molar-refractivity contribution >= 4 is 23.0 Å². The van der Waals surface area contributed by atoms with E-state index in [-0.39, 0.29) is 18.5 Å². The second kappa shape index (κ2) is 12.5. The van der Waals surface area contributed by atoms with Gasteiger partial charge in [0.1, 0.15) is 0 Å². The van der Waals surface area contributed by atoms with E-state index in [1.807, 2.05) is 0 Å². The molecule has 1 atom stereocenters. The highest BCUT2D eigenvalue weighted by atomic mass is 35.5. The summed E-state index contributed by atoms with van der Waals surface area (Å²) in [5.41, 5.74) is 1.60. The molecule has 1 fully saturated rings. The number of pyridine rings is 1. The first kappa shape index (κ1) is 27.6. The van der Waals surface area contributed by atoms with Crippen molar-refractivity contribution in [3.05, 3.63) is 71.5 Å². The maximum absolute atomic E-state index is 13.5. The number of hydrogen-bond donors (Lipinski definition) is 0. The Morgan fingerprint density at radius 3 is 2.62 bits per heavy atom. The van der Waals surface area contributed by atoms with E-state index in [4.69, 9.17) is 21.1 Å². The van der Waals surface area contributed by atoms with E-state index in [0.717, 1.165) is 25.3 Å². The quantitative estimate of drug-likeness (QED) is 0.194. The average Bonchev–Trinajstić information content (AvgIpc) is 3.44. The van der Waals surface area contributed by atoms with Gasteiger partial charge in [-0.3, -0.25) is 4.98 Å². The summed E-state index contributed by atoms with van der Waals surface area (Å²) in [5, 5.41) is 13.1. The number of anilines is 2. The summed E-state index contributed by atoms with van der Waals surface area (Å²) in [5.74, 6) is -0.806. The van der Waals surface area contributed by atoms with Crippen LogP contribution in [0.2, 0.25) is 5.02 Å². The molecule has 0 N–H and O–H groups in total. The molecule has 210 valence electrons. The third-order valence-corrected chi connectivity index (χ3v) is 6.47. The van der Waals surface area contributed by atoms with Gasteiger partial charge >= 0.3 is 13.2 Å². The van der Waals surface area contributed by atoms with Crippen LogP contribution in [0.15, 0.2) is 60.9 Å². The lowest BCUT2D eigenvalue weighted by Gasteiger charge is -2.28. The van der Waals surface area contributed by atoms with E-state index in [1.165, 1.54) is 29.3 Å². The predicted octanol–water partition coefficient (Wildman–Crippen LogP) is 6.63. The standard InChI is InChI=1S/C26H23ClF4N6O3/c27-19-10-11-32-14-17(19)15-36(20-7-4-8-21(39-25(28)29)23(20)40-26(30)31)18-6-3-5-16(13-18)24-33-35-37(34-24)22-9-1-2-12-38-22/h3-8,10-11,13-14,22,25-26H,1-2,9,12,15H2. The fourth-order valence-electron chi connectivity index (χ4n) is 4.31. The molecule has 0 saturated carbocycles. The lowest BCUT2D eigenvalue weighted by molar-refractivity contribution is -0.0689. The van der Waals surface area contributed by atoms with Gasteiger partial charge in [-0.1, -0.05) is 29.8 Å². The molecule has 0 spiro atoms. The van der Waals surface area contributed by atoms with Gasteiger partial charge in [-0.2, -0.15) is 17.6 Å². The predicted molar refractivity (Wildman–Crippen MR) is 137 cm³/mol. The van der Waals surface area contributed by atoms with Crippen molar-refractivity contribution < 1.29 is 31.8 Å². The van der Waals surface area contributed by atoms with Crippen molar-refractivity contribution in [3.63, 3.8) is 0 Å². The summed E-state index contributed by atoms with van der Waals surface area (Å²) in [6.45, 7) is -5.94. The van der Waals surface area contributed by atoms with Gasteiger partial charge in [-0.25, -0.2) is 0 Å². The second-order valence-electron chi connectivity index (χ2n) is 8.72. The van der Waals surface area contributed by atoms with Gasteiger partial charge in [0.05, 0.1) is 12.2 Å². The Labute approximate surface area is 231 Å². The summed E-state index contributed by atoms with van der Waals surface area (Å²) in [4.78, 5) is 7.09. The van der Waals surface area contributed by atoms with Crippen molar-refractivity contribution in [2.24, 2.45) is 0 Å². The molecule has 40 heavy (non-hydrogen) atoms. The third-order valence-electron chi connectivity index (χ3n) is 6.10. The zero-order chi connectivity index (χ0) is 28.1. The van der Waals surface area contributed by atoms with Crippen LogP contribution in [0.4, 0.5) is 28.9 Å². The zero-order valence-corrected chi connectivity index (χ0v) is 21.6. The monoisotopic (exact) mass is 578 g/mol. The number of benzene rings is 2. The highest BCUT2D eigenvalue weighted by Crippen LogP contribution is 2.43. The zero-order valence-electron chi connectivity index (χ0n) is 20.8. The molecular formula is C26H23ClF4N6O3. The van der Waals surface area contributed by atoms with Gasteiger partial charge < -0.3 is 19.1 Å². The Bertz CT molecular complexity index is 1440. The van der Waals surface area contributed by atoms with E-state index >= 15 is 0 Å². The smallest absolute Gasteiger partial charge is 0.387 e. The van der Waals surface area contributed by atoms with Crippen LogP contribution in [0, 0.1) is 0 Å². The van der Waals surface area contributed by atoms with Gasteiger partial charge in [0, 0.05) is 40.8 Å². The van der Waals surface area contributed by atoms with Crippen LogP contribution in [0.3, 0.4) is 0 Å². The molecule has 2 aromatic heterocycles. The minimum Gasteiger partial charge on any atom is -0.431 e. The van der Waals surface area contributed by atoms with E-state index < -0.39 is 24.7 Å². The Hall–Kier alpha value is -3.97. The normalized spacial score (nSPS) is 15.4. The fourth-order valence-corrected chi connectivity index (χ4v) is 4.47. The Balaban J connectivity index is 1.58. The second-order valence-corrected chi connectivity index (χ2v) is 9.13. The molecule has 2 aromatic carbocycles.